The van der Waals surface area contributed by atoms with E-state index >= 15 is 0 Å². The lowest BCUT2D eigenvalue weighted by Gasteiger charge is -2.22. The van der Waals surface area contributed by atoms with Gasteiger partial charge in [0.25, 0.3) is 11.8 Å². The summed E-state index contributed by atoms with van der Waals surface area (Å²) < 4.78 is 5.90. The molecule has 176 valence electrons. The number of para-hydroxylation sites is 1. The number of amides is 2. The molecule has 0 saturated carbocycles. The van der Waals surface area contributed by atoms with Gasteiger partial charge in [-0.15, -0.1) is 0 Å². The van der Waals surface area contributed by atoms with Gasteiger partial charge in [-0.1, -0.05) is 43.0 Å². The molecule has 1 fully saturated rings. The minimum Gasteiger partial charge on any atom is -0.483 e. The molecular formula is C27H29N3O3S. The molecule has 0 spiro atoms. The summed E-state index contributed by atoms with van der Waals surface area (Å²) in [7, 11) is 0. The Labute approximate surface area is 204 Å². The van der Waals surface area contributed by atoms with E-state index in [9.17, 15) is 9.59 Å². The molecule has 0 aliphatic carbocycles. The largest absolute Gasteiger partial charge is 0.483 e. The number of ether oxygens (including phenoxy) is 1. The van der Waals surface area contributed by atoms with E-state index < -0.39 is 0 Å². The molecule has 3 aromatic rings. The van der Waals surface area contributed by atoms with Crippen LogP contribution in [0, 0.1) is 0 Å². The van der Waals surface area contributed by atoms with Crippen LogP contribution in [-0.4, -0.2) is 41.4 Å². The molecule has 2 amide bonds. The molecule has 1 unspecified atom stereocenters. The maximum absolute atomic E-state index is 13.0. The molecule has 6 nitrogen and oxygen atoms in total. The zero-order valence-electron chi connectivity index (χ0n) is 19.3. The molecule has 2 heterocycles. The van der Waals surface area contributed by atoms with Crippen LogP contribution in [0.15, 0.2) is 82.8 Å². The number of hydrogen-bond donors (Lipinski definition) is 1. The van der Waals surface area contributed by atoms with Gasteiger partial charge in [-0.3, -0.25) is 9.59 Å². The van der Waals surface area contributed by atoms with Crippen LogP contribution in [0.3, 0.4) is 0 Å². The Kier molecular flexibility index (Phi) is 8.20. The molecule has 0 radical (unpaired) electrons. The van der Waals surface area contributed by atoms with Gasteiger partial charge in [0.2, 0.25) is 0 Å². The van der Waals surface area contributed by atoms with Crippen molar-refractivity contribution in [1.29, 1.82) is 0 Å². The van der Waals surface area contributed by atoms with Gasteiger partial charge in [0.1, 0.15) is 10.8 Å². The highest BCUT2D eigenvalue weighted by molar-refractivity contribution is 7.99. The van der Waals surface area contributed by atoms with Gasteiger partial charge in [-0.2, -0.15) is 0 Å². The van der Waals surface area contributed by atoms with Crippen molar-refractivity contribution in [2.75, 3.05) is 19.7 Å². The number of likely N-dealkylation sites (tertiary alicyclic amines) is 1. The highest BCUT2D eigenvalue weighted by Gasteiger charge is 2.21. The topological polar surface area (TPSA) is 71.5 Å². The minimum absolute atomic E-state index is 0.00745. The Hall–Kier alpha value is -3.32. The Balaban J connectivity index is 1.39. The molecule has 1 N–H and O–H groups in total. The normalized spacial score (nSPS) is 14.0. The minimum atomic E-state index is -0.229. The average molecular weight is 476 g/mol. The highest BCUT2D eigenvalue weighted by atomic mass is 32.2. The number of benzene rings is 2. The SMILES string of the molecule is CCC(NC(=O)c1ccc(Sc2ccccn2)cc1)c1ccccc1OCC(=O)N1CCCC1. The van der Waals surface area contributed by atoms with Crippen LogP contribution in [0.1, 0.15) is 48.1 Å². The van der Waals surface area contributed by atoms with Crippen molar-refractivity contribution in [3.8, 4) is 5.75 Å². The fourth-order valence-electron chi connectivity index (χ4n) is 3.94. The summed E-state index contributed by atoms with van der Waals surface area (Å²) in [4.78, 5) is 32.6. The monoisotopic (exact) mass is 475 g/mol. The van der Waals surface area contributed by atoms with Crippen LogP contribution in [0.25, 0.3) is 0 Å². The highest BCUT2D eigenvalue weighted by Crippen LogP contribution is 2.29. The molecular weight excluding hydrogens is 446 g/mol. The van der Waals surface area contributed by atoms with Crippen LogP contribution in [0.5, 0.6) is 5.75 Å². The molecule has 1 saturated heterocycles. The van der Waals surface area contributed by atoms with Crippen molar-refractivity contribution in [3.63, 3.8) is 0 Å². The van der Waals surface area contributed by atoms with Gasteiger partial charge in [0.05, 0.1) is 6.04 Å². The lowest BCUT2D eigenvalue weighted by atomic mass is 10.0. The van der Waals surface area contributed by atoms with E-state index in [2.05, 4.69) is 10.3 Å². The second-order valence-corrected chi connectivity index (χ2v) is 9.24. The predicted octanol–water partition coefficient (Wildman–Crippen LogP) is 5.12. The first-order valence-corrected chi connectivity index (χ1v) is 12.4. The summed E-state index contributed by atoms with van der Waals surface area (Å²) in [5.41, 5.74) is 1.46. The van der Waals surface area contributed by atoms with E-state index in [1.54, 1.807) is 18.0 Å². The predicted molar refractivity (Wildman–Crippen MR) is 133 cm³/mol. The van der Waals surface area contributed by atoms with E-state index in [-0.39, 0.29) is 24.5 Å². The molecule has 1 aliphatic heterocycles. The molecule has 1 aromatic heterocycles. The van der Waals surface area contributed by atoms with Gasteiger partial charge < -0.3 is 15.0 Å². The van der Waals surface area contributed by atoms with E-state index in [0.717, 1.165) is 41.4 Å². The van der Waals surface area contributed by atoms with Crippen molar-refractivity contribution in [2.45, 2.75) is 42.1 Å². The Morgan fingerprint density at radius 2 is 1.76 bits per heavy atom. The van der Waals surface area contributed by atoms with Crippen LogP contribution in [0.4, 0.5) is 0 Å². The standard InChI is InChI=1S/C27H29N3O3S/c1-2-23(22-9-3-4-10-24(22)33-19-26(31)30-17-7-8-18-30)29-27(32)20-12-14-21(15-13-20)34-25-11-5-6-16-28-25/h3-6,9-16,23H,2,7-8,17-19H2,1H3,(H,29,32). The van der Waals surface area contributed by atoms with Crippen molar-refractivity contribution in [1.82, 2.24) is 15.2 Å². The summed E-state index contributed by atoms with van der Waals surface area (Å²) in [5.74, 6) is 0.488. The van der Waals surface area contributed by atoms with Crippen LogP contribution >= 0.6 is 11.8 Å². The zero-order valence-corrected chi connectivity index (χ0v) is 20.1. The average Bonchev–Trinajstić information content (AvgIpc) is 3.42. The molecule has 1 atom stereocenters. The number of nitrogens with zero attached hydrogens (tertiary/aromatic N) is 2. The summed E-state index contributed by atoms with van der Waals surface area (Å²) in [6.45, 7) is 3.63. The number of pyridine rings is 1. The van der Waals surface area contributed by atoms with Crippen LogP contribution < -0.4 is 10.1 Å². The molecule has 2 aromatic carbocycles. The number of rotatable bonds is 9. The Bertz CT molecular complexity index is 1100. The van der Waals surface area contributed by atoms with E-state index in [0.29, 0.717) is 17.7 Å². The third kappa shape index (κ3) is 6.17. The summed E-state index contributed by atoms with van der Waals surface area (Å²) in [6.07, 6.45) is 4.56. The van der Waals surface area contributed by atoms with Crippen molar-refractivity contribution in [3.05, 3.63) is 84.1 Å². The van der Waals surface area contributed by atoms with E-state index in [1.807, 2.05) is 78.6 Å². The van der Waals surface area contributed by atoms with Gasteiger partial charge in [0, 0.05) is 35.3 Å². The van der Waals surface area contributed by atoms with Crippen LogP contribution in [-0.2, 0) is 4.79 Å². The first kappa shape index (κ1) is 23.8. The fourth-order valence-corrected chi connectivity index (χ4v) is 4.71. The van der Waals surface area contributed by atoms with E-state index in [1.165, 1.54) is 0 Å². The molecule has 34 heavy (non-hydrogen) atoms. The van der Waals surface area contributed by atoms with Gasteiger partial charge in [-0.25, -0.2) is 4.98 Å². The first-order chi connectivity index (χ1) is 16.6. The fraction of sp³-hybridized carbons (Fsp3) is 0.296. The number of carbonyl (C=O) groups excluding carboxylic acids is 2. The third-order valence-corrected chi connectivity index (χ3v) is 6.75. The van der Waals surface area contributed by atoms with Crippen molar-refractivity contribution < 1.29 is 14.3 Å². The number of nitrogens with one attached hydrogen (secondary N) is 1. The maximum Gasteiger partial charge on any atom is 0.260 e. The van der Waals surface area contributed by atoms with Crippen molar-refractivity contribution in [2.24, 2.45) is 0 Å². The smallest absolute Gasteiger partial charge is 0.260 e. The zero-order chi connectivity index (χ0) is 23.8. The second-order valence-electron chi connectivity index (χ2n) is 8.14. The third-order valence-electron chi connectivity index (χ3n) is 5.79. The number of hydrogen-bond acceptors (Lipinski definition) is 5. The molecule has 0 bridgehead atoms. The lowest BCUT2D eigenvalue weighted by Crippen LogP contribution is -2.32. The number of aromatic nitrogens is 1. The van der Waals surface area contributed by atoms with Gasteiger partial charge in [0.15, 0.2) is 6.61 Å². The number of carbonyl (C=O) groups is 2. The Morgan fingerprint density at radius 1 is 1.03 bits per heavy atom. The summed E-state index contributed by atoms with van der Waals surface area (Å²) >= 11 is 1.55. The molecule has 4 rings (SSSR count). The van der Waals surface area contributed by atoms with Gasteiger partial charge >= 0.3 is 0 Å². The lowest BCUT2D eigenvalue weighted by molar-refractivity contribution is -0.132. The van der Waals surface area contributed by atoms with Crippen molar-refractivity contribution >= 4 is 23.6 Å². The summed E-state index contributed by atoms with van der Waals surface area (Å²) in [6, 6.07) is 20.7. The van der Waals surface area contributed by atoms with Crippen LogP contribution in [0.2, 0.25) is 0 Å². The first-order valence-electron chi connectivity index (χ1n) is 11.6. The van der Waals surface area contributed by atoms with E-state index in [4.69, 9.17) is 4.74 Å². The molecule has 1 aliphatic rings. The van der Waals surface area contributed by atoms with Gasteiger partial charge in [-0.05, 0) is 61.7 Å². The Morgan fingerprint density at radius 3 is 2.47 bits per heavy atom. The molecule has 7 heteroatoms. The quantitative estimate of drug-likeness (QED) is 0.465. The maximum atomic E-state index is 13.0. The second kappa shape index (κ2) is 11.7. The summed E-state index contributed by atoms with van der Waals surface area (Å²) in [5, 5.41) is 4.03.